The zero-order valence-electron chi connectivity index (χ0n) is 7.93. The Morgan fingerprint density at radius 1 is 1.79 bits per heavy atom. The summed E-state index contributed by atoms with van der Waals surface area (Å²) < 4.78 is 0. The summed E-state index contributed by atoms with van der Waals surface area (Å²) in [5, 5.41) is 9.01. The highest BCUT2D eigenvalue weighted by Crippen LogP contribution is 2.31. The van der Waals surface area contributed by atoms with Crippen LogP contribution < -0.4 is 5.73 Å². The summed E-state index contributed by atoms with van der Waals surface area (Å²) in [6, 6.07) is -0.629. The zero-order valence-corrected chi connectivity index (χ0v) is 7.93. The van der Waals surface area contributed by atoms with Gasteiger partial charge in [-0.1, -0.05) is 18.2 Å². The summed E-state index contributed by atoms with van der Waals surface area (Å²) in [6.07, 6.45) is 5.80. The molecule has 1 aliphatic rings. The molecule has 1 rings (SSSR count). The minimum absolute atomic E-state index is 0.189. The molecule has 0 fully saturated rings. The molecule has 3 N–H and O–H groups in total. The molecule has 1 aliphatic carbocycles. The molecule has 2 unspecified atom stereocenters. The highest BCUT2D eigenvalue weighted by molar-refractivity contribution is 5.79. The highest BCUT2D eigenvalue weighted by Gasteiger charge is 2.39. The van der Waals surface area contributed by atoms with Gasteiger partial charge in [0.25, 0.3) is 0 Å². The molecule has 0 heterocycles. The molecule has 0 radical (unpaired) electrons. The zero-order chi connectivity index (χ0) is 10.8. The molecule has 2 atom stereocenters. The van der Waals surface area contributed by atoms with Crippen LogP contribution in [0, 0.1) is 5.41 Å². The van der Waals surface area contributed by atoms with Crippen molar-refractivity contribution in [3.63, 3.8) is 0 Å². The normalized spacial score (nSPS) is 31.0. The summed E-state index contributed by atoms with van der Waals surface area (Å²) in [6.45, 7) is 1.55. The molecule has 0 amide bonds. The first-order valence-corrected chi connectivity index (χ1v) is 4.33. The second-order valence-electron chi connectivity index (χ2n) is 3.54. The van der Waals surface area contributed by atoms with E-state index in [9.17, 15) is 9.59 Å². The summed E-state index contributed by atoms with van der Waals surface area (Å²) >= 11 is 0. The number of aliphatic carboxylic acids is 1. The molecule has 14 heavy (non-hydrogen) atoms. The Morgan fingerprint density at radius 2 is 2.43 bits per heavy atom. The van der Waals surface area contributed by atoms with Gasteiger partial charge in [-0.05, 0) is 12.5 Å². The topological polar surface area (TPSA) is 80.4 Å². The number of aldehydes is 1. The van der Waals surface area contributed by atoms with Crippen LogP contribution in [0.4, 0.5) is 0 Å². The predicted molar refractivity (Wildman–Crippen MR) is 51.6 cm³/mol. The van der Waals surface area contributed by atoms with E-state index in [-0.39, 0.29) is 6.42 Å². The molecule has 4 nitrogen and oxygen atoms in total. The highest BCUT2D eigenvalue weighted by atomic mass is 16.4. The van der Waals surface area contributed by atoms with Gasteiger partial charge in [-0.3, -0.25) is 4.79 Å². The molecule has 0 aliphatic heterocycles. The maximum atomic E-state index is 11.0. The first-order chi connectivity index (χ1) is 6.52. The summed E-state index contributed by atoms with van der Waals surface area (Å²) in [7, 11) is 0. The van der Waals surface area contributed by atoms with Crippen LogP contribution in [0.15, 0.2) is 23.8 Å². The van der Waals surface area contributed by atoms with E-state index in [1.54, 1.807) is 25.2 Å². The van der Waals surface area contributed by atoms with Crippen LogP contribution in [0.3, 0.4) is 0 Å². The minimum atomic E-state index is -1.10. The third-order valence-electron chi connectivity index (χ3n) is 2.58. The van der Waals surface area contributed by atoms with Gasteiger partial charge < -0.3 is 15.6 Å². The third kappa shape index (κ3) is 1.61. The van der Waals surface area contributed by atoms with Crippen molar-refractivity contribution in [1.29, 1.82) is 0 Å². The Bertz CT molecular complexity index is 319. The fraction of sp³-hybridized carbons (Fsp3) is 0.400. The van der Waals surface area contributed by atoms with Crippen molar-refractivity contribution >= 4 is 12.3 Å². The Morgan fingerprint density at radius 3 is 2.93 bits per heavy atom. The van der Waals surface area contributed by atoms with Gasteiger partial charge in [-0.25, -0.2) is 0 Å². The quantitative estimate of drug-likeness (QED) is 0.642. The molecule has 0 saturated heterocycles. The standard InChI is InChI=1S/C10H13NO3/c1-10(9(13)14)5-2-3-7(4-6-12)8(10)11/h2-3,5-6,8H,4,11H2,1H3,(H,13,14). The van der Waals surface area contributed by atoms with Gasteiger partial charge in [-0.2, -0.15) is 0 Å². The minimum Gasteiger partial charge on any atom is -0.481 e. The number of carbonyl (C=O) groups excluding carboxylic acids is 1. The molecule has 76 valence electrons. The van der Waals surface area contributed by atoms with Gasteiger partial charge in [-0.15, -0.1) is 0 Å². The fourth-order valence-electron chi connectivity index (χ4n) is 1.46. The maximum absolute atomic E-state index is 11.0. The van der Waals surface area contributed by atoms with E-state index in [4.69, 9.17) is 10.8 Å². The Kier molecular flexibility index (Phi) is 2.86. The average molecular weight is 195 g/mol. The summed E-state index contributed by atoms with van der Waals surface area (Å²) in [5.41, 5.74) is 5.34. The number of carboxylic acid groups (broad SMARTS) is 1. The molecule has 0 aromatic heterocycles. The van der Waals surface area contributed by atoms with Gasteiger partial charge in [0.05, 0.1) is 0 Å². The first-order valence-electron chi connectivity index (χ1n) is 4.33. The van der Waals surface area contributed by atoms with Gasteiger partial charge in [0, 0.05) is 12.5 Å². The Hall–Kier alpha value is -1.42. The van der Waals surface area contributed by atoms with Crippen LogP contribution in [0.1, 0.15) is 13.3 Å². The number of rotatable bonds is 3. The fourth-order valence-corrected chi connectivity index (χ4v) is 1.46. The van der Waals surface area contributed by atoms with E-state index in [0.717, 1.165) is 6.29 Å². The van der Waals surface area contributed by atoms with Crippen molar-refractivity contribution < 1.29 is 14.7 Å². The van der Waals surface area contributed by atoms with E-state index in [1.165, 1.54) is 0 Å². The largest absolute Gasteiger partial charge is 0.481 e. The maximum Gasteiger partial charge on any atom is 0.315 e. The number of hydrogen-bond acceptors (Lipinski definition) is 3. The van der Waals surface area contributed by atoms with Crippen molar-refractivity contribution in [2.75, 3.05) is 0 Å². The van der Waals surface area contributed by atoms with Crippen LogP contribution in [0.25, 0.3) is 0 Å². The van der Waals surface area contributed by atoms with Crippen molar-refractivity contribution in [2.24, 2.45) is 11.1 Å². The smallest absolute Gasteiger partial charge is 0.315 e. The van der Waals surface area contributed by atoms with Crippen LogP contribution in [0.2, 0.25) is 0 Å². The number of nitrogens with two attached hydrogens (primary N) is 1. The van der Waals surface area contributed by atoms with Gasteiger partial charge >= 0.3 is 5.97 Å². The van der Waals surface area contributed by atoms with Gasteiger partial charge in [0.15, 0.2) is 0 Å². The summed E-state index contributed by atoms with van der Waals surface area (Å²) in [5.74, 6) is -0.974. The van der Waals surface area contributed by atoms with Crippen molar-refractivity contribution in [2.45, 2.75) is 19.4 Å². The molecule has 0 bridgehead atoms. The molecule has 0 aromatic rings. The lowest BCUT2D eigenvalue weighted by atomic mass is 9.75. The molecule has 0 saturated carbocycles. The molecule has 0 spiro atoms. The van der Waals surface area contributed by atoms with Gasteiger partial charge in [0.1, 0.15) is 11.7 Å². The molecule has 4 heteroatoms. The van der Waals surface area contributed by atoms with E-state index in [1.807, 2.05) is 0 Å². The van der Waals surface area contributed by atoms with Crippen LogP contribution >= 0.6 is 0 Å². The second kappa shape index (κ2) is 3.75. The molecule has 0 aromatic carbocycles. The van der Waals surface area contributed by atoms with Gasteiger partial charge in [0.2, 0.25) is 0 Å². The second-order valence-corrected chi connectivity index (χ2v) is 3.54. The Balaban J connectivity index is 2.98. The molecular weight excluding hydrogens is 182 g/mol. The van der Waals surface area contributed by atoms with Crippen molar-refractivity contribution in [3.05, 3.63) is 23.8 Å². The monoisotopic (exact) mass is 195 g/mol. The van der Waals surface area contributed by atoms with E-state index in [2.05, 4.69) is 0 Å². The lowest BCUT2D eigenvalue weighted by Gasteiger charge is -2.31. The van der Waals surface area contributed by atoms with Crippen molar-refractivity contribution in [3.8, 4) is 0 Å². The SMILES string of the molecule is CC1(C(=O)O)C=CC=C(CC=O)C1N. The predicted octanol–water partition coefficient (Wildman–Crippen LogP) is 0.490. The lowest BCUT2D eigenvalue weighted by molar-refractivity contribution is -0.145. The van der Waals surface area contributed by atoms with E-state index in [0.29, 0.717) is 5.57 Å². The first kappa shape index (κ1) is 10.7. The molecular formula is C10H13NO3. The van der Waals surface area contributed by atoms with Crippen molar-refractivity contribution in [1.82, 2.24) is 0 Å². The van der Waals surface area contributed by atoms with E-state index >= 15 is 0 Å². The number of carboxylic acids is 1. The third-order valence-corrected chi connectivity index (χ3v) is 2.58. The van der Waals surface area contributed by atoms with Crippen LogP contribution in [0.5, 0.6) is 0 Å². The summed E-state index contributed by atoms with van der Waals surface area (Å²) in [4.78, 5) is 21.3. The number of hydrogen-bond donors (Lipinski definition) is 2. The number of carbonyl (C=O) groups is 2. The van der Waals surface area contributed by atoms with Crippen LogP contribution in [-0.4, -0.2) is 23.4 Å². The number of allylic oxidation sites excluding steroid dienone is 2. The lowest BCUT2D eigenvalue weighted by Crippen LogP contribution is -2.46. The Labute approximate surface area is 82.1 Å². The van der Waals surface area contributed by atoms with E-state index < -0.39 is 17.4 Å². The van der Waals surface area contributed by atoms with Crippen LogP contribution in [-0.2, 0) is 9.59 Å². The average Bonchev–Trinajstić information content (AvgIpc) is 2.13.